The van der Waals surface area contributed by atoms with Crippen LogP contribution in [0.15, 0.2) is 36.7 Å². The maximum absolute atomic E-state index is 13.0. The summed E-state index contributed by atoms with van der Waals surface area (Å²) in [5, 5.41) is 14.4. The number of hydrogen-bond donors (Lipinski definition) is 3. The summed E-state index contributed by atoms with van der Waals surface area (Å²) in [6, 6.07) is 6.18. The molecule has 1 aliphatic heterocycles. The Balaban J connectivity index is 1.54. The predicted molar refractivity (Wildman–Crippen MR) is 125 cm³/mol. The van der Waals surface area contributed by atoms with Crippen LogP contribution in [0, 0.1) is 6.92 Å². The van der Waals surface area contributed by atoms with Gasteiger partial charge in [-0.05, 0) is 49.1 Å². The van der Waals surface area contributed by atoms with E-state index in [9.17, 15) is 26.7 Å². The van der Waals surface area contributed by atoms with Crippen molar-refractivity contribution in [2.45, 2.75) is 31.5 Å². The van der Waals surface area contributed by atoms with Crippen LogP contribution in [0.2, 0.25) is 0 Å². The van der Waals surface area contributed by atoms with Crippen LogP contribution >= 0.6 is 11.3 Å². The van der Waals surface area contributed by atoms with Gasteiger partial charge in [-0.2, -0.15) is 25.9 Å². The minimum Gasteiger partial charge on any atom is -0.383 e. The molecule has 188 valence electrons. The first-order valence-electron chi connectivity index (χ1n) is 10.6. The molecule has 14 heteroatoms. The van der Waals surface area contributed by atoms with Crippen molar-refractivity contribution >= 4 is 33.2 Å². The van der Waals surface area contributed by atoms with Gasteiger partial charge in [0.1, 0.15) is 16.3 Å². The smallest absolute Gasteiger partial charge is 0.383 e. The summed E-state index contributed by atoms with van der Waals surface area (Å²) in [7, 11) is -2.22. The fourth-order valence-corrected chi connectivity index (χ4v) is 5.74. The Hall–Kier alpha value is -2.65. The van der Waals surface area contributed by atoms with Gasteiger partial charge >= 0.3 is 6.18 Å². The zero-order valence-electron chi connectivity index (χ0n) is 18.8. The molecule has 0 radical (unpaired) electrons. The van der Waals surface area contributed by atoms with Crippen LogP contribution in [0.5, 0.6) is 0 Å². The van der Waals surface area contributed by atoms with E-state index in [1.807, 2.05) is 13.0 Å². The van der Waals surface area contributed by atoms with Crippen molar-refractivity contribution in [2.24, 2.45) is 0 Å². The number of benzene rings is 1. The molecule has 0 amide bonds. The highest BCUT2D eigenvalue weighted by Crippen LogP contribution is 2.39. The van der Waals surface area contributed by atoms with E-state index < -0.39 is 27.7 Å². The quantitative estimate of drug-likeness (QED) is 0.448. The molecule has 0 saturated carbocycles. The molecule has 0 atom stereocenters. The van der Waals surface area contributed by atoms with Crippen molar-refractivity contribution < 1.29 is 26.7 Å². The first-order chi connectivity index (χ1) is 16.4. The molecule has 0 aliphatic carbocycles. The van der Waals surface area contributed by atoms with Gasteiger partial charge in [0.05, 0.1) is 4.88 Å². The van der Waals surface area contributed by atoms with Crippen LogP contribution < -0.4 is 10.0 Å². The van der Waals surface area contributed by atoms with Crippen molar-refractivity contribution in [3.8, 4) is 10.4 Å². The van der Waals surface area contributed by atoms with E-state index in [1.54, 1.807) is 18.3 Å². The molecule has 2 aromatic heterocycles. The van der Waals surface area contributed by atoms with Crippen molar-refractivity contribution in [1.29, 1.82) is 0 Å². The monoisotopic (exact) mass is 528 g/mol. The molecule has 1 aromatic carbocycles. The zero-order valence-corrected chi connectivity index (χ0v) is 20.4. The number of alkyl halides is 3. The van der Waals surface area contributed by atoms with E-state index in [2.05, 4.69) is 25.0 Å². The summed E-state index contributed by atoms with van der Waals surface area (Å²) < 4.78 is 66.4. The largest absolute Gasteiger partial charge is 0.433 e. The summed E-state index contributed by atoms with van der Waals surface area (Å²) in [6.45, 7) is 2.16. The minimum absolute atomic E-state index is 0.157. The number of rotatable bonds is 6. The van der Waals surface area contributed by atoms with Crippen LogP contribution in [0.4, 0.5) is 24.8 Å². The predicted octanol–water partition coefficient (Wildman–Crippen LogP) is 3.42. The minimum atomic E-state index is -4.58. The van der Waals surface area contributed by atoms with E-state index in [-0.39, 0.29) is 31.9 Å². The zero-order chi connectivity index (χ0) is 25.4. The Labute approximate surface area is 204 Å². The van der Waals surface area contributed by atoms with Gasteiger partial charge in [0, 0.05) is 38.2 Å². The van der Waals surface area contributed by atoms with Crippen molar-refractivity contribution in [3.63, 3.8) is 0 Å². The summed E-state index contributed by atoms with van der Waals surface area (Å²) >= 11 is 1.28. The number of nitrogens with one attached hydrogen (secondary N) is 2. The average Bonchev–Trinajstić information content (AvgIpc) is 3.30. The summed E-state index contributed by atoms with van der Waals surface area (Å²) in [5.41, 5.74) is -0.201. The van der Waals surface area contributed by atoms with Gasteiger partial charge in [-0.3, -0.25) is 0 Å². The highest BCUT2D eigenvalue weighted by Gasteiger charge is 2.39. The van der Waals surface area contributed by atoms with Crippen molar-refractivity contribution in [2.75, 3.05) is 25.5 Å². The van der Waals surface area contributed by atoms with Crippen LogP contribution in [0.1, 0.15) is 29.1 Å². The molecule has 0 spiro atoms. The first-order valence-corrected chi connectivity index (χ1v) is 12.8. The Morgan fingerprint density at radius 2 is 1.89 bits per heavy atom. The fourth-order valence-electron chi connectivity index (χ4n) is 3.77. The van der Waals surface area contributed by atoms with Gasteiger partial charge in [0.25, 0.3) is 10.2 Å². The second-order valence-corrected chi connectivity index (χ2v) is 11.1. The third-order valence-corrected chi connectivity index (χ3v) is 8.42. The third kappa shape index (κ3) is 5.62. The molecule has 1 saturated heterocycles. The fraction of sp³-hybridized carbons (Fsp3) is 0.381. The second-order valence-electron chi connectivity index (χ2n) is 8.15. The molecular weight excluding hydrogens is 505 g/mol. The lowest BCUT2D eigenvalue weighted by molar-refractivity contribution is -0.141. The number of anilines is 2. The van der Waals surface area contributed by atoms with E-state index in [4.69, 9.17) is 0 Å². The highest BCUT2D eigenvalue weighted by molar-refractivity contribution is 7.87. The molecule has 35 heavy (non-hydrogen) atoms. The van der Waals surface area contributed by atoms with E-state index >= 15 is 0 Å². The van der Waals surface area contributed by atoms with Crippen LogP contribution in [0.25, 0.3) is 10.4 Å². The van der Waals surface area contributed by atoms with Crippen molar-refractivity contribution in [3.05, 3.63) is 52.9 Å². The lowest BCUT2D eigenvalue weighted by atomic mass is 9.93. The molecule has 3 heterocycles. The van der Waals surface area contributed by atoms with Gasteiger partial charge < -0.3 is 10.4 Å². The van der Waals surface area contributed by atoms with E-state index in [0.29, 0.717) is 10.7 Å². The Kier molecular flexibility index (Phi) is 6.85. The van der Waals surface area contributed by atoms with Crippen LogP contribution in [-0.4, -0.2) is 52.9 Å². The SMILES string of the molecule is CNS(=O)(=O)N1CCC(O)(c2ncc(-c3cc(C)cc(Nc4nccc(C(F)(F)F)n4)c3)s2)CC1. The summed E-state index contributed by atoms with van der Waals surface area (Å²) in [5.74, 6) is -0.182. The molecule has 3 aromatic rings. The van der Waals surface area contributed by atoms with Gasteiger partial charge in [-0.25, -0.2) is 19.7 Å². The summed E-state index contributed by atoms with van der Waals surface area (Å²) in [4.78, 5) is 12.5. The van der Waals surface area contributed by atoms with E-state index in [0.717, 1.165) is 28.3 Å². The first kappa shape index (κ1) is 25.4. The number of aromatic nitrogens is 3. The van der Waals surface area contributed by atoms with E-state index in [1.165, 1.54) is 22.7 Å². The number of piperidine rings is 1. The Morgan fingerprint density at radius 1 is 1.17 bits per heavy atom. The topological polar surface area (TPSA) is 120 Å². The molecule has 1 aliphatic rings. The van der Waals surface area contributed by atoms with Gasteiger partial charge in [-0.15, -0.1) is 11.3 Å². The van der Waals surface area contributed by atoms with Crippen molar-refractivity contribution in [1.82, 2.24) is 24.0 Å². The molecule has 4 rings (SSSR count). The number of aliphatic hydroxyl groups is 1. The highest BCUT2D eigenvalue weighted by atomic mass is 32.2. The van der Waals surface area contributed by atoms with Gasteiger partial charge in [0.15, 0.2) is 0 Å². The molecule has 1 fully saturated rings. The number of aryl methyl sites for hydroxylation is 1. The van der Waals surface area contributed by atoms with Crippen LogP contribution in [-0.2, 0) is 22.0 Å². The maximum atomic E-state index is 13.0. The summed E-state index contributed by atoms with van der Waals surface area (Å²) in [6.07, 6.45) is -1.52. The van der Waals surface area contributed by atoms with Gasteiger partial charge in [0.2, 0.25) is 5.95 Å². The Morgan fingerprint density at radius 3 is 2.54 bits per heavy atom. The average molecular weight is 529 g/mol. The number of halogens is 3. The maximum Gasteiger partial charge on any atom is 0.433 e. The number of hydrogen-bond acceptors (Lipinski definition) is 8. The molecular formula is C21H23F3N6O3S2. The normalized spacial score (nSPS) is 16.9. The third-order valence-electron chi connectivity index (χ3n) is 5.62. The van der Waals surface area contributed by atoms with Crippen LogP contribution in [0.3, 0.4) is 0 Å². The molecule has 0 unspecified atom stereocenters. The molecule has 3 N–H and O–H groups in total. The number of nitrogens with zero attached hydrogens (tertiary/aromatic N) is 4. The number of thiazole rings is 1. The Bertz CT molecular complexity index is 1320. The van der Waals surface area contributed by atoms with Gasteiger partial charge in [-0.1, -0.05) is 6.07 Å². The lowest BCUT2D eigenvalue weighted by Gasteiger charge is -2.35. The standard InChI is InChI=1S/C21H23F3N6O3S2/c1-13-9-14(11-15(10-13)28-19-26-6-3-17(29-19)21(22,23)24)16-12-27-18(34-16)20(31)4-7-30(8-5-20)35(32,33)25-2/h3,6,9-12,25,31H,4-5,7-8H2,1-2H3,(H,26,28,29). The second kappa shape index (κ2) is 9.43. The molecule has 9 nitrogen and oxygen atoms in total. The lowest BCUT2D eigenvalue weighted by Crippen LogP contribution is -2.48. The molecule has 0 bridgehead atoms.